The van der Waals surface area contributed by atoms with Crippen molar-refractivity contribution in [1.82, 2.24) is 4.90 Å². The summed E-state index contributed by atoms with van der Waals surface area (Å²) in [5.41, 5.74) is 0.711. The van der Waals surface area contributed by atoms with Gasteiger partial charge in [0.25, 0.3) is 0 Å². The third kappa shape index (κ3) is 6.77. The van der Waals surface area contributed by atoms with Gasteiger partial charge in [0.2, 0.25) is 11.8 Å². The van der Waals surface area contributed by atoms with E-state index in [1.165, 1.54) is 0 Å². The fourth-order valence-electron chi connectivity index (χ4n) is 2.84. The molecule has 0 heterocycles. The Bertz CT molecular complexity index is 725. The normalized spacial score (nSPS) is 11.5. The molecular formula is C22H28N2O3. The number of carbonyl (C=O) groups excluding carboxylic acids is 2. The van der Waals surface area contributed by atoms with Crippen molar-refractivity contribution in [1.29, 1.82) is 0 Å². The summed E-state index contributed by atoms with van der Waals surface area (Å²) >= 11 is 0. The lowest BCUT2D eigenvalue weighted by atomic mass is 10.0. The van der Waals surface area contributed by atoms with Gasteiger partial charge in [-0.3, -0.25) is 9.59 Å². The lowest BCUT2D eigenvalue weighted by Crippen LogP contribution is -2.32. The maximum atomic E-state index is 12.2. The SMILES string of the molecule is CCN(CC)C(=O)C[C@@H](C)CC(=O)Nc1ccc(Oc2ccccc2)cc1. The number of hydrogen-bond donors (Lipinski definition) is 1. The highest BCUT2D eigenvalue weighted by molar-refractivity contribution is 5.91. The zero-order valence-corrected chi connectivity index (χ0v) is 16.3. The first kappa shape index (κ1) is 20.5. The molecule has 5 nitrogen and oxygen atoms in total. The van der Waals surface area contributed by atoms with Crippen LogP contribution < -0.4 is 10.1 Å². The van der Waals surface area contributed by atoms with Crippen LogP contribution in [0, 0.1) is 5.92 Å². The monoisotopic (exact) mass is 368 g/mol. The summed E-state index contributed by atoms with van der Waals surface area (Å²) in [5, 5.41) is 2.87. The lowest BCUT2D eigenvalue weighted by Gasteiger charge is -2.20. The van der Waals surface area contributed by atoms with Crippen LogP contribution in [0.3, 0.4) is 0 Å². The molecule has 2 aromatic rings. The maximum absolute atomic E-state index is 12.2. The Hall–Kier alpha value is -2.82. The van der Waals surface area contributed by atoms with Crippen LogP contribution in [0.25, 0.3) is 0 Å². The van der Waals surface area contributed by atoms with Gasteiger partial charge in [-0.2, -0.15) is 0 Å². The smallest absolute Gasteiger partial charge is 0.224 e. The van der Waals surface area contributed by atoms with E-state index in [0.29, 0.717) is 37.4 Å². The molecule has 0 bridgehead atoms. The third-order valence-electron chi connectivity index (χ3n) is 4.29. The quantitative estimate of drug-likeness (QED) is 0.698. The van der Waals surface area contributed by atoms with E-state index in [1.807, 2.05) is 75.4 Å². The summed E-state index contributed by atoms with van der Waals surface area (Å²) in [6.07, 6.45) is 0.703. The number of carbonyl (C=O) groups is 2. The fourth-order valence-corrected chi connectivity index (χ4v) is 2.84. The van der Waals surface area contributed by atoms with Gasteiger partial charge in [-0.05, 0) is 56.2 Å². The van der Waals surface area contributed by atoms with Gasteiger partial charge in [0, 0.05) is 31.6 Å². The Kier molecular flexibility index (Phi) is 7.86. The molecule has 0 aliphatic heterocycles. The van der Waals surface area contributed by atoms with Crippen LogP contribution >= 0.6 is 0 Å². The molecule has 0 aliphatic rings. The second kappa shape index (κ2) is 10.4. The van der Waals surface area contributed by atoms with Gasteiger partial charge in [0.15, 0.2) is 0 Å². The molecule has 2 aromatic carbocycles. The summed E-state index contributed by atoms with van der Waals surface area (Å²) in [4.78, 5) is 26.1. The van der Waals surface area contributed by atoms with Crippen LogP contribution in [-0.4, -0.2) is 29.8 Å². The Balaban J connectivity index is 1.82. The van der Waals surface area contributed by atoms with E-state index in [-0.39, 0.29) is 17.7 Å². The molecule has 2 amide bonds. The van der Waals surface area contributed by atoms with Crippen LogP contribution in [0.2, 0.25) is 0 Å². The van der Waals surface area contributed by atoms with Crippen molar-refractivity contribution in [3.05, 3.63) is 54.6 Å². The van der Waals surface area contributed by atoms with Crippen LogP contribution in [0.15, 0.2) is 54.6 Å². The van der Waals surface area contributed by atoms with Crippen LogP contribution in [0.1, 0.15) is 33.6 Å². The van der Waals surface area contributed by atoms with Crippen molar-refractivity contribution in [2.24, 2.45) is 5.92 Å². The average molecular weight is 368 g/mol. The van der Waals surface area contributed by atoms with E-state index in [9.17, 15) is 9.59 Å². The van der Waals surface area contributed by atoms with Crippen molar-refractivity contribution < 1.29 is 14.3 Å². The summed E-state index contributed by atoms with van der Waals surface area (Å²) < 4.78 is 5.74. The minimum atomic E-state index is -0.0911. The molecule has 1 atom stereocenters. The van der Waals surface area contributed by atoms with Gasteiger partial charge >= 0.3 is 0 Å². The zero-order chi connectivity index (χ0) is 19.6. The van der Waals surface area contributed by atoms with E-state index in [0.717, 1.165) is 5.75 Å². The van der Waals surface area contributed by atoms with Gasteiger partial charge in [-0.15, -0.1) is 0 Å². The van der Waals surface area contributed by atoms with E-state index >= 15 is 0 Å². The predicted molar refractivity (Wildman–Crippen MR) is 108 cm³/mol. The maximum Gasteiger partial charge on any atom is 0.224 e. The molecule has 0 unspecified atom stereocenters. The largest absolute Gasteiger partial charge is 0.457 e. The van der Waals surface area contributed by atoms with Gasteiger partial charge < -0.3 is 15.0 Å². The van der Waals surface area contributed by atoms with Gasteiger partial charge in [-0.25, -0.2) is 0 Å². The highest BCUT2D eigenvalue weighted by Crippen LogP contribution is 2.23. The molecule has 144 valence electrons. The third-order valence-corrected chi connectivity index (χ3v) is 4.29. The second-order valence-electron chi connectivity index (χ2n) is 6.57. The summed E-state index contributed by atoms with van der Waals surface area (Å²) in [5.74, 6) is 1.48. The topological polar surface area (TPSA) is 58.6 Å². The number of benzene rings is 2. The number of amides is 2. The first-order valence-corrected chi connectivity index (χ1v) is 9.42. The molecule has 0 aromatic heterocycles. The van der Waals surface area contributed by atoms with Gasteiger partial charge in [-0.1, -0.05) is 25.1 Å². The lowest BCUT2D eigenvalue weighted by molar-refractivity contribution is -0.131. The number of para-hydroxylation sites is 1. The zero-order valence-electron chi connectivity index (χ0n) is 16.3. The average Bonchev–Trinajstić information content (AvgIpc) is 2.65. The molecule has 0 spiro atoms. The number of nitrogens with zero attached hydrogens (tertiary/aromatic N) is 1. The predicted octanol–water partition coefficient (Wildman–Crippen LogP) is 4.70. The Morgan fingerprint density at radius 1 is 0.926 bits per heavy atom. The summed E-state index contributed by atoms with van der Waals surface area (Å²) in [6, 6.07) is 16.8. The van der Waals surface area contributed by atoms with Gasteiger partial charge in [0.1, 0.15) is 11.5 Å². The molecule has 27 heavy (non-hydrogen) atoms. The molecule has 0 saturated heterocycles. The van der Waals surface area contributed by atoms with Crippen LogP contribution in [-0.2, 0) is 9.59 Å². The van der Waals surface area contributed by atoms with Crippen molar-refractivity contribution >= 4 is 17.5 Å². The van der Waals surface area contributed by atoms with Crippen molar-refractivity contribution in [3.8, 4) is 11.5 Å². The summed E-state index contributed by atoms with van der Waals surface area (Å²) in [6.45, 7) is 7.25. The Labute approximate surface area is 161 Å². The van der Waals surface area contributed by atoms with E-state index in [1.54, 1.807) is 4.90 Å². The van der Waals surface area contributed by atoms with Gasteiger partial charge in [0.05, 0.1) is 0 Å². The number of nitrogens with one attached hydrogen (secondary N) is 1. The standard InChI is InChI=1S/C22H28N2O3/c1-4-24(5-2)22(26)16-17(3)15-21(25)23-18-11-13-20(14-12-18)27-19-9-7-6-8-10-19/h6-14,17H,4-5,15-16H2,1-3H3,(H,23,25)/t17-/m0/s1. The minimum Gasteiger partial charge on any atom is -0.457 e. The molecule has 0 radical (unpaired) electrons. The van der Waals surface area contributed by atoms with Crippen LogP contribution in [0.4, 0.5) is 5.69 Å². The fraction of sp³-hybridized carbons (Fsp3) is 0.364. The first-order chi connectivity index (χ1) is 13.0. The molecule has 2 rings (SSSR count). The highest BCUT2D eigenvalue weighted by Gasteiger charge is 2.16. The van der Waals surface area contributed by atoms with E-state index in [4.69, 9.17) is 4.74 Å². The first-order valence-electron chi connectivity index (χ1n) is 9.42. The second-order valence-corrected chi connectivity index (χ2v) is 6.57. The number of rotatable bonds is 9. The molecule has 1 N–H and O–H groups in total. The summed E-state index contributed by atoms with van der Waals surface area (Å²) in [7, 11) is 0. The minimum absolute atomic E-state index is 0.00112. The number of ether oxygens (including phenoxy) is 1. The number of hydrogen-bond acceptors (Lipinski definition) is 3. The Morgan fingerprint density at radius 2 is 1.52 bits per heavy atom. The molecule has 5 heteroatoms. The molecule has 0 aliphatic carbocycles. The molecular weight excluding hydrogens is 340 g/mol. The Morgan fingerprint density at radius 3 is 2.11 bits per heavy atom. The van der Waals surface area contributed by atoms with Crippen LogP contribution in [0.5, 0.6) is 11.5 Å². The van der Waals surface area contributed by atoms with Crippen molar-refractivity contribution in [3.63, 3.8) is 0 Å². The van der Waals surface area contributed by atoms with E-state index in [2.05, 4.69) is 5.32 Å². The molecule has 0 saturated carbocycles. The molecule has 0 fully saturated rings. The van der Waals surface area contributed by atoms with E-state index < -0.39 is 0 Å². The number of anilines is 1. The van der Waals surface area contributed by atoms with Crippen molar-refractivity contribution in [2.75, 3.05) is 18.4 Å². The highest BCUT2D eigenvalue weighted by atomic mass is 16.5. The van der Waals surface area contributed by atoms with Crippen molar-refractivity contribution in [2.45, 2.75) is 33.6 Å².